The molecule has 0 aromatic heterocycles. The van der Waals surface area contributed by atoms with Crippen molar-refractivity contribution in [3.63, 3.8) is 0 Å². The second kappa shape index (κ2) is 4.24. The number of phenolic OH excluding ortho intramolecular Hbond substituents is 1. The Bertz CT molecular complexity index is 299. The predicted octanol–water partition coefficient (Wildman–Crippen LogP) is 2.88. The highest BCUT2D eigenvalue weighted by Crippen LogP contribution is 2.31. The fourth-order valence-electron chi connectivity index (χ4n) is 1.68. The molecule has 1 aliphatic heterocycles. The summed E-state index contributed by atoms with van der Waals surface area (Å²) in [4.78, 5) is 1.21. The first kappa shape index (κ1) is 9.87. The monoisotopic (exact) mass is 209 g/mol. The summed E-state index contributed by atoms with van der Waals surface area (Å²) in [5.74, 6) is 0.337. The lowest BCUT2D eigenvalue weighted by atomic mass is 10.3. The minimum atomic E-state index is 0.337. The Hall–Kier alpha value is -0.670. The van der Waals surface area contributed by atoms with Gasteiger partial charge in [0.15, 0.2) is 0 Å². The van der Waals surface area contributed by atoms with Crippen molar-refractivity contribution in [1.82, 2.24) is 4.31 Å². The lowest BCUT2D eigenvalue weighted by molar-refractivity contribution is 0.466. The minimum Gasteiger partial charge on any atom is -0.508 e. The van der Waals surface area contributed by atoms with Gasteiger partial charge in [-0.15, -0.1) is 0 Å². The van der Waals surface area contributed by atoms with Crippen molar-refractivity contribution >= 4 is 11.9 Å². The first-order valence-corrected chi connectivity index (χ1v) is 5.77. The number of nitrogens with zero attached hydrogens (tertiary/aromatic N) is 1. The van der Waals surface area contributed by atoms with Crippen LogP contribution in [0, 0.1) is 0 Å². The third-order valence-electron chi connectivity index (χ3n) is 2.55. The Morgan fingerprint density at radius 2 is 2.07 bits per heavy atom. The van der Waals surface area contributed by atoms with Crippen LogP contribution in [0.4, 0.5) is 0 Å². The van der Waals surface area contributed by atoms with Gasteiger partial charge >= 0.3 is 0 Å². The molecule has 0 aliphatic carbocycles. The van der Waals surface area contributed by atoms with Crippen LogP contribution < -0.4 is 0 Å². The van der Waals surface area contributed by atoms with Gasteiger partial charge in [-0.25, -0.2) is 4.31 Å². The average Bonchev–Trinajstić information content (AvgIpc) is 2.56. The molecule has 1 heterocycles. The summed E-state index contributed by atoms with van der Waals surface area (Å²) >= 11 is 1.79. The van der Waals surface area contributed by atoms with Crippen LogP contribution in [-0.4, -0.2) is 22.0 Å². The molecular formula is C11H15NOS. The van der Waals surface area contributed by atoms with E-state index in [4.69, 9.17) is 5.11 Å². The SMILES string of the molecule is CC1CCCN1Sc1ccc(O)cc1. The largest absolute Gasteiger partial charge is 0.508 e. The number of aromatic hydroxyl groups is 1. The molecule has 0 saturated carbocycles. The lowest BCUT2D eigenvalue weighted by Gasteiger charge is -2.19. The van der Waals surface area contributed by atoms with Crippen LogP contribution in [0.2, 0.25) is 0 Å². The van der Waals surface area contributed by atoms with E-state index in [0.717, 1.165) is 0 Å². The Morgan fingerprint density at radius 1 is 1.36 bits per heavy atom. The van der Waals surface area contributed by atoms with Crippen molar-refractivity contribution in [3.05, 3.63) is 24.3 Å². The second-order valence-corrected chi connectivity index (χ2v) is 4.84. The van der Waals surface area contributed by atoms with Crippen molar-refractivity contribution in [2.24, 2.45) is 0 Å². The molecule has 76 valence electrons. The van der Waals surface area contributed by atoms with E-state index in [9.17, 15) is 0 Å². The summed E-state index contributed by atoms with van der Waals surface area (Å²) in [6.45, 7) is 3.44. The normalized spacial score (nSPS) is 22.8. The minimum absolute atomic E-state index is 0.337. The van der Waals surface area contributed by atoms with Crippen LogP contribution >= 0.6 is 11.9 Å². The number of phenols is 1. The van der Waals surface area contributed by atoms with Crippen molar-refractivity contribution in [3.8, 4) is 5.75 Å². The van der Waals surface area contributed by atoms with Crippen LogP contribution in [0.25, 0.3) is 0 Å². The molecule has 0 amide bonds. The fourth-order valence-corrected chi connectivity index (χ4v) is 2.72. The molecule has 14 heavy (non-hydrogen) atoms. The molecule has 1 saturated heterocycles. The number of hydrogen-bond donors (Lipinski definition) is 1. The molecule has 1 fully saturated rings. The van der Waals surface area contributed by atoms with Gasteiger partial charge in [-0.2, -0.15) is 0 Å². The summed E-state index contributed by atoms with van der Waals surface area (Å²) in [5.41, 5.74) is 0. The summed E-state index contributed by atoms with van der Waals surface area (Å²) in [7, 11) is 0. The molecule has 1 atom stereocenters. The predicted molar refractivity (Wildman–Crippen MR) is 59.4 cm³/mol. The lowest BCUT2D eigenvalue weighted by Crippen LogP contribution is -2.18. The van der Waals surface area contributed by atoms with E-state index < -0.39 is 0 Å². The number of hydrogen-bond acceptors (Lipinski definition) is 3. The Kier molecular flexibility index (Phi) is 2.99. The Balaban J connectivity index is 2.00. The van der Waals surface area contributed by atoms with Gasteiger partial charge in [0.05, 0.1) is 0 Å². The third kappa shape index (κ3) is 2.22. The van der Waals surface area contributed by atoms with Crippen molar-refractivity contribution < 1.29 is 5.11 Å². The maximum atomic E-state index is 9.15. The van der Waals surface area contributed by atoms with Crippen LogP contribution in [0.1, 0.15) is 19.8 Å². The van der Waals surface area contributed by atoms with Gasteiger partial charge in [-0.05, 0) is 56.0 Å². The van der Waals surface area contributed by atoms with E-state index in [0.29, 0.717) is 11.8 Å². The van der Waals surface area contributed by atoms with Crippen molar-refractivity contribution in [2.45, 2.75) is 30.7 Å². The van der Waals surface area contributed by atoms with E-state index in [-0.39, 0.29) is 0 Å². The summed E-state index contributed by atoms with van der Waals surface area (Å²) in [5, 5.41) is 9.15. The highest BCUT2D eigenvalue weighted by molar-refractivity contribution is 7.97. The molecule has 1 unspecified atom stereocenters. The van der Waals surface area contributed by atoms with Gasteiger partial charge in [-0.1, -0.05) is 0 Å². The molecule has 0 spiro atoms. The van der Waals surface area contributed by atoms with E-state index >= 15 is 0 Å². The number of rotatable bonds is 2. The number of benzene rings is 1. The topological polar surface area (TPSA) is 23.5 Å². The molecule has 2 rings (SSSR count). The fraction of sp³-hybridized carbons (Fsp3) is 0.455. The zero-order chi connectivity index (χ0) is 9.97. The van der Waals surface area contributed by atoms with Gasteiger partial charge in [0.2, 0.25) is 0 Å². The maximum absolute atomic E-state index is 9.15. The van der Waals surface area contributed by atoms with Gasteiger partial charge in [0, 0.05) is 17.5 Å². The summed E-state index contributed by atoms with van der Waals surface area (Å²) in [6.07, 6.45) is 2.59. The van der Waals surface area contributed by atoms with Crippen molar-refractivity contribution in [2.75, 3.05) is 6.54 Å². The molecular weight excluding hydrogens is 194 g/mol. The standard InChI is InChI=1S/C11H15NOS/c1-9-3-2-8-12(9)14-11-6-4-10(13)5-7-11/h4-7,9,13H,2-3,8H2,1H3. The van der Waals surface area contributed by atoms with Crippen LogP contribution in [0.3, 0.4) is 0 Å². The van der Waals surface area contributed by atoms with E-state index in [1.165, 1.54) is 24.3 Å². The van der Waals surface area contributed by atoms with Gasteiger partial charge in [0.25, 0.3) is 0 Å². The van der Waals surface area contributed by atoms with E-state index in [2.05, 4.69) is 11.2 Å². The maximum Gasteiger partial charge on any atom is 0.115 e. The molecule has 1 N–H and O–H groups in total. The molecule has 3 heteroatoms. The molecule has 0 bridgehead atoms. The van der Waals surface area contributed by atoms with Crippen LogP contribution in [0.15, 0.2) is 29.2 Å². The average molecular weight is 209 g/mol. The second-order valence-electron chi connectivity index (χ2n) is 3.72. The summed E-state index contributed by atoms with van der Waals surface area (Å²) in [6, 6.07) is 8.08. The highest BCUT2D eigenvalue weighted by atomic mass is 32.2. The van der Waals surface area contributed by atoms with Crippen LogP contribution in [-0.2, 0) is 0 Å². The Labute approximate surface area is 89.1 Å². The zero-order valence-corrected chi connectivity index (χ0v) is 9.13. The molecule has 1 aromatic rings. The van der Waals surface area contributed by atoms with Crippen molar-refractivity contribution in [1.29, 1.82) is 0 Å². The van der Waals surface area contributed by atoms with E-state index in [1.807, 2.05) is 12.1 Å². The summed E-state index contributed by atoms with van der Waals surface area (Å²) < 4.78 is 2.41. The highest BCUT2D eigenvalue weighted by Gasteiger charge is 2.20. The quantitative estimate of drug-likeness (QED) is 0.758. The molecule has 1 aliphatic rings. The van der Waals surface area contributed by atoms with Gasteiger partial charge in [-0.3, -0.25) is 0 Å². The van der Waals surface area contributed by atoms with Gasteiger partial charge < -0.3 is 5.11 Å². The Morgan fingerprint density at radius 3 is 2.64 bits per heavy atom. The first-order valence-electron chi connectivity index (χ1n) is 4.99. The smallest absolute Gasteiger partial charge is 0.115 e. The third-order valence-corrected chi connectivity index (χ3v) is 3.81. The van der Waals surface area contributed by atoms with E-state index in [1.54, 1.807) is 24.1 Å². The first-order chi connectivity index (χ1) is 6.75. The molecule has 1 aromatic carbocycles. The van der Waals surface area contributed by atoms with Crippen LogP contribution in [0.5, 0.6) is 5.75 Å². The van der Waals surface area contributed by atoms with Gasteiger partial charge in [0.1, 0.15) is 5.75 Å². The molecule has 0 radical (unpaired) electrons. The molecule has 2 nitrogen and oxygen atoms in total. The zero-order valence-electron chi connectivity index (χ0n) is 8.31.